The van der Waals surface area contributed by atoms with Crippen molar-refractivity contribution in [3.8, 4) is 11.8 Å². The van der Waals surface area contributed by atoms with E-state index in [0.29, 0.717) is 17.2 Å². The van der Waals surface area contributed by atoms with Gasteiger partial charge in [-0.3, -0.25) is 4.79 Å². The summed E-state index contributed by atoms with van der Waals surface area (Å²) >= 11 is 0. The topological polar surface area (TPSA) is 62.2 Å². The number of aromatic nitrogens is 1. The standard InChI is InChI=1S/C15H18N2O2/c1-15(2,12-6-7-12)17-14(19)13-8-5-11(10-16-13)4-3-9-18/h5,8,10,12,18H,6-7,9H2,1-2H3,(H,17,19). The van der Waals surface area contributed by atoms with Gasteiger partial charge in [-0.1, -0.05) is 11.8 Å². The zero-order valence-corrected chi connectivity index (χ0v) is 11.2. The fourth-order valence-corrected chi connectivity index (χ4v) is 2.01. The molecular formula is C15H18N2O2. The molecule has 100 valence electrons. The molecule has 2 rings (SSSR count). The van der Waals surface area contributed by atoms with Gasteiger partial charge in [0.15, 0.2) is 0 Å². The van der Waals surface area contributed by atoms with E-state index < -0.39 is 0 Å². The van der Waals surface area contributed by atoms with Crippen molar-refractivity contribution in [1.29, 1.82) is 0 Å². The first-order chi connectivity index (χ1) is 9.03. The Morgan fingerprint density at radius 2 is 2.26 bits per heavy atom. The predicted molar refractivity (Wildman–Crippen MR) is 72.5 cm³/mol. The summed E-state index contributed by atoms with van der Waals surface area (Å²) in [5, 5.41) is 11.6. The van der Waals surface area contributed by atoms with Crippen LogP contribution in [0, 0.1) is 17.8 Å². The Morgan fingerprint density at radius 3 is 2.79 bits per heavy atom. The summed E-state index contributed by atoms with van der Waals surface area (Å²) < 4.78 is 0. The smallest absolute Gasteiger partial charge is 0.270 e. The van der Waals surface area contributed by atoms with Gasteiger partial charge < -0.3 is 10.4 Å². The summed E-state index contributed by atoms with van der Waals surface area (Å²) in [4.78, 5) is 16.2. The first-order valence-electron chi connectivity index (χ1n) is 6.41. The van der Waals surface area contributed by atoms with Crippen molar-refractivity contribution >= 4 is 5.91 Å². The van der Waals surface area contributed by atoms with Gasteiger partial charge in [0, 0.05) is 17.3 Å². The maximum absolute atomic E-state index is 12.1. The molecule has 1 aromatic rings. The maximum Gasteiger partial charge on any atom is 0.270 e. The molecule has 4 nitrogen and oxygen atoms in total. The number of rotatable bonds is 3. The molecule has 0 saturated heterocycles. The lowest BCUT2D eigenvalue weighted by Crippen LogP contribution is -2.45. The third kappa shape index (κ3) is 3.55. The van der Waals surface area contributed by atoms with Crippen LogP contribution in [0.4, 0.5) is 0 Å². The molecule has 1 fully saturated rings. The van der Waals surface area contributed by atoms with E-state index in [1.807, 2.05) is 13.8 Å². The monoisotopic (exact) mass is 258 g/mol. The highest BCUT2D eigenvalue weighted by molar-refractivity contribution is 5.92. The third-order valence-electron chi connectivity index (χ3n) is 3.34. The van der Waals surface area contributed by atoms with Crippen molar-refractivity contribution in [3.63, 3.8) is 0 Å². The molecule has 0 aromatic carbocycles. The Bertz CT molecular complexity index is 519. The molecule has 19 heavy (non-hydrogen) atoms. The summed E-state index contributed by atoms with van der Waals surface area (Å²) in [6, 6.07) is 3.38. The zero-order valence-electron chi connectivity index (χ0n) is 11.2. The number of amides is 1. The number of nitrogens with zero attached hydrogens (tertiary/aromatic N) is 1. The van der Waals surface area contributed by atoms with Crippen LogP contribution in [0.2, 0.25) is 0 Å². The Morgan fingerprint density at radius 1 is 1.53 bits per heavy atom. The quantitative estimate of drug-likeness (QED) is 0.804. The highest BCUT2D eigenvalue weighted by atomic mass is 16.2. The second kappa shape index (κ2) is 5.41. The van der Waals surface area contributed by atoms with Crippen molar-refractivity contribution in [1.82, 2.24) is 10.3 Å². The number of hydrogen-bond acceptors (Lipinski definition) is 3. The van der Waals surface area contributed by atoms with Crippen molar-refractivity contribution in [2.75, 3.05) is 6.61 Å². The van der Waals surface area contributed by atoms with E-state index in [9.17, 15) is 4.79 Å². The van der Waals surface area contributed by atoms with E-state index in [4.69, 9.17) is 5.11 Å². The molecule has 0 spiro atoms. The van der Waals surface area contributed by atoms with Gasteiger partial charge in [0.2, 0.25) is 0 Å². The van der Waals surface area contributed by atoms with Gasteiger partial charge in [-0.25, -0.2) is 4.98 Å². The van der Waals surface area contributed by atoms with E-state index in [1.165, 1.54) is 12.8 Å². The van der Waals surface area contributed by atoms with Crippen molar-refractivity contribution in [2.45, 2.75) is 32.2 Å². The van der Waals surface area contributed by atoms with Crippen LogP contribution in [0.15, 0.2) is 18.3 Å². The average Bonchev–Trinajstić information content (AvgIpc) is 3.21. The second-order valence-corrected chi connectivity index (χ2v) is 5.34. The molecule has 1 aliphatic carbocycles. The average molecular weight is 258 g/mol. The van der Waals surface area contributed by atoms with Crippen molar-refractivity contribution < 1.29 is 9.90 Å². The molecule has 0 aliphatic heterocycles. The number of hydrogen-bond donors (Lipinski definition) is 2. The molecular weight excluding hydrogens is 240 g/mol. The van der Waals surface area contributed by atoms with Gasteiger partial charge >= 0.3 is 0 Å². The molecule has 0 bridgehead atoms. The van der Waals surface area contributed by atoms with Crippen molar-refractivity contribution in [2.24, 2.45) is 5.92 Å². The Kier molecular flexibility index (Phi) is 3.87. The maximum atomic E-state index is 12.1. The fourth-order valence-electron chi connectivity index (χ4n) is 2.01. The molecule has 1 saturated carbocycles. The number of nitrogens with one attached hydrogen (secondary N) is 1. The second-order valence-electron chi connectivity index (χ2n) is 5.34. The third-order valence-corrected chi connectivity index (χ3v) is 3.34. The molecule has 0 unspecified atom stereocenters. The van der Waals surface area contributed by atoms with Gasteiger partial charge in [0.05, 0.1) is 0 Å². The van der Waals surface area contributed by atoms with Crippen LogP contribution in [-0.4, -0.2) is 28.1 Å². The first-order valence-corrected chi connectivity index (χ1v) is 6.41. The minimum absolute atomic E-state index is 0.154. The van der Waals surface area contributed by atoms with Crippen molar-refractivity contribution in [3.05, 3.63) is 29.6 Å². The van der Waals surface area contributed by atoms with E-state index >= 15 is 0 Å². The highest BCUT2D eigenvalue weighted by Crippen LogP contribution is 2.39. The minimum Gasteiger partial charge on any atom is -0.384 e. The molecule has 0 radical (unpaired) electrons. The van der Waals surface area contributed by atoms with Gasteiger partial charge in [-0.2, -0.15) is 0 Å². The Balaban J connectivity index is 2.03. The van der Waals surface area contributed by atoms with Gasteiger partial charge in [0.25, 0.3) is 5.91 Å². The van der Waals surface area contributed by atoms with Crippen LogP contribution in [-0.2, 0) is 0 Å². The van der Waals surface area contributed by atoms with Gasteiger partial charge in [-0.15, -0.1) is 0 Å². The number of carbonyl (C=O) groups excluding carboxylic acids is 1. The highest BCUT2D eigenvalue weighted by Gasteiger charge is 2.38. The molecule has 2 N–H and O–H groups in total. The van der Waals surface area contributed by atoms with Gasteiger partial charge in [-0.05, 0) is 44.7 Å². The summed E-state index contributed by atoms with van der Waals surface area (Å²) in [6.07, 6.45) is 3.90. The lowest BCUT2D eigenvalue weighted by atomic mass is 9.98. The van der Waals surface area contributed by atoms with E-state index in [-0.39, 0.29) is 18.1 Å². The number of pyridine rings is 1. The lowest BCUT2D eigenvalue weighted by molar-refractivity contribution is 0.0898. The van der Waals surface area contributed by atoms with E-state index in [1.54, 1.807) is 18.3 Å². The summed E-state index contributed by atoms with van der Waals surface area (Å²) in [5.41, 5.74) is 0.907. The molecule has 1 aromatic heterocycles. The Hall–Kier alpha value is -1.86. The molecule has 4 heteroatoms. The zero-order chi connectivity index (χ0) is 13.9. The van der Waals surface area contributed by atoms with Crippen LogP contribution in [0.1, 0.15) is 42.7 Å². The van der Waals surface area contributed by atoms with Crippen LogP contribution >= 0.6 is 0 Å². The summed E-state index contributed by atoms with van der Waals surface area (Å²) in [5.74, 6) is 5.70. The normalized spacial score (nSPS) is 14.5. The Labute approximate surface area is 113 Å². The molecule has 0 atom stereocenters. The van der Waals surface area contributed by atoms with Crippen LogP contribution < -0.4 is 5.32 Å². The number of aliphatic hydroxyl groups is 1. The molecule has 1 heterocycles. The molecule has 1 aliphatic rings. The largest absolute Gasteiger partial charge is 0.384 e. The molecule has 1 amide bonds. The summed E-state index contributed by atoms with van der Waals surface area (Å²) in [7, 11) is 0. The SMILES string of the molecule is CC(C)(NC(=O)c1ccc(C#CCO)cn1)C1CC1. The first kappa shape index (κ1) is 13.6. The number of aliphatic hydroxyl groups excluding tert-OH is 1. The minimum atomic E-state index is -0.183. The predicted octanol–water partition coefficient (Wildman–Crippen LogP) is 1.34. The summed E-state index contributed by atoms with van der Waals surface area (Å²) in [6.45, 7) is 3.91. The lowest BCUT2D eigenvalue weighted by Gasteiger charge is -2.25. The van der Waals surface area contributed by atoms with Crippen LogP contribution in [0.25, 0.3) is 0 Å². The van der Waals surface area contributed by atoms with E-state index in [2.05, 4.69) is 22.1 Å². The van der Waals surface area contributed by atoms with Gasteiger partial charge in [0.1, 0.15) is 12.3 Å². The fraction of sp³-hybridized carbons (Fsp3) is 0.467. The number of carbonyl (C=O) groups is 1. The van der Waals surface area contributed by atoms with Crippen LogP contribution in [0.5, 0.6) is 0 Å². The van der Waals surface area contributed by atoms with Crippen LogP contribution in [0.3, 0.4) is 0 Å². The van der Waals surface area contributed by atoms with E-state index in [0.717, 1.165) is 0 Å².